The van der Waals surface area contributed by atoms with E-state index in [1.807, 2.05) is 54.6 Å². The monoisotopic (exact) mass is 415 g/mol. The van der Waals surface area contributed by atoms with Crippen molar-refractivity contribution in [2.75, 3.05) is 13.1 Å². The van der Waals surface area contributed by atoms with Crippen LogP contribution in [0.3, 0.4) is 0 Å². The Morgan fingerprint density at radius 3 is 2.26 bits per heavy atom. The SMILES string of the molecule is CCN(CC)Cc1c(O)ccc2c(=O)c(Oc3ccc(-c4ccccc4)cc3)coc12. The first-order valence-corrected chi connectivity index (χ1v) is 10.4. The fourth-order valence-electron chi connectivity index (χ4n) is 3.60. The third-order valence-electron chi connectivity index (χ3n) is 5.45. The molecule has 5 nitrogen and oxygen atoms in total. The molecule has 0 radical (unpaired) electrons. The van der Waals surface area contributed by atoms with Gasteiger partial charge >= 0.3 is 0 Å². The van der Waals surface area contributed by atoms with Gasteiger partial charge < -0.3 is 14.3 Å². The van der Waals surface area contributed by atoms with Gasteiger partial charge in [-0.3, -0.25) is 9.69 Å². The van der Waals surface area contributed by atoms with E-state index in [0.29, 0.717) is 28.8 Å². The highest BCUT2D eigenvalue weighted by molar-refractivity contribution is 5.83. The minimum absolute atomic E-state index is 0.111. The molecule has 1 aromatic heterocycles. The van der Waals surface area contributed by atoms with Crippen molar-refractivity contribution >= 4 is 11.0 Å². The molecule has 0 saturated carbocycles. The van der Waals surface area contributed by atoms with Crippen molar-refractivity contribution < 1.29 is 14.3 Å². The molecule has 3 aromatic carbocycles. The zero-order chi connectivity index (χ0) is 21.8. The van der Waals surface area contributed by atoms with E-state index in [1.54, 1.807) is 6.07 Å². The normalized spacial score (nSPS) is 11.2. The van der Waals surface area contributed by atoms with Gasteiger partial charge in [-0.1, -0.05) is 56.3 Å². The molecule has 31 heavy (non-hydrogen) atoms. The Bertz CT molecular complexity index is 1230. The number of hydrogen-bond donors (Lipinski definition) is 1. The molecule has 0 spiro atoms. The number of ether oxygens (including phenoxy) is 1. The molecule has 1 heterocycles. The third-order valence-corrected chi connectivity index (χ3v) is 5.45. The molecular weight excluding hydrogens is 390 g/mol. The molecule has 5 heteroatoms. The van der Waals surface area contributed by atoms with Gasteiger partial charge in [0.15, 0.2) is 0 Å². The van der Waals surface area contributed by atoms with Crippen LogP contribution in [0.5, 0.6) is 17.2 Å². The summed E-state index contributed by atoms with van der Waals surface area (Å²) in [6.45, 7) is 6.27. The highest BCUT2D eigenvalue weighted by atomic mass is 16.5. The summed E-state index contributed by atoms with van der Waals surface area (Å²) >= 11 is 0. The Labute approximate surface area is 181 Å². The lowest BCUT2D eigenvalue weighted by Gasteiger charge is -2.19. The van der Waals surface area contributed by atoms with Gasteiger partial charge in [0, 0.05) is 6.54 Å². The Kier molecular flexibility index (Phi) is 6.05. The lowest BCUT2D eigenvalue weighted by molar-refractivity contribution is 0.290. The summed E-state index contributed by atoms with van der Waals surface area (Å²) in [5, 5.41) is 10.7. The Morgan fingerprint density at radius 1 is 0.903 bits per heavy atom. The van der Waals surface area contributed by atoms with Crippen LogP contribution in [-0.4, -0.2) is 23.1 Å². The predicted octanol–water partition coefficient (Wildman–Crippen LogP) is 5.80. The topological polar surface area (TPSA) is 62.9 Å². The van der Waals surface area contributed by atoms with Gasteiger partial charge in [-0.25, -0.2) is 0 Å². The fraction of sp³-hybridized carbons (Fsp3) is 0.192. The van der Waals surface area contributed by atoms with Crippen molar-refractivity contribution in [3.8, 4) is 28.4 Å². The van der Waals surface area contributed by atoms with E-state index in [4.69, 9.17) is 9.15 Å². The maximum absolute atomic E-state index is 13.0. The molecule has 0 unspecified atom stereocenters. The number of rotatable bonds is 7. The van der Waals surface area contributed by atoms with E-state index < -0.39 is 0 Å². The van der Waals surface area contributed by atoms with Gasteiger partial charge in [-0.2, -0.15) is 0 Å². The van der Waals surface area contributed by atoms with Gasteiger partial charge in [0.2, 0.25) is 11.2 Å². The maximum atomic E-state index is 13.0. The molecule has 0 fully saturated rings. The first-order chi connectivity index (χ1) is 15.1. The second-order valence-electron chi connectivity index (χ2n) is 7.32. The van der Waals surface area contributed by atoms with Crippen molar-refractivity contribution in [3.63, 3.8) is 0 Å². The molecule has 1 N–H and O–H groups in total. The summed E-state index contributed by atoms with van der Waals surface area (Å²) in [5.41, 5.74) is 2.91. The van der Waals surface area contributed by atoms with Gasteiger partial charge in [-0.15, -0.1) is 0 Å². The van der Waals surface area contributed by atoms with Crippen molar-refractivity contribution in [2.24, 2.45) is 0 Å². The summed E-state index contributed by atoms with van der Waals surface area (Å²) in [6.07, 6.45) is 1.32. The number of phenolic OH excluding ortho intramolecular Hbond substituents is 1. The van der Waals surface area contributed by atoms with E-state index in [2.05, 4.69) is 18.7 Å². The summed E-state index contributed by atoms with van der Waals surface area (Å²) in [6, 6.07) is 20.7. The molecular formula is C26H25NO4. The molecule has 0 bridgehead atoms. The molecule has 0 aliphatic rings. The van der Waals surface area contributed by atoms with Crippen LogP contribution in [0.2, 0.25) is 0 Å². The molecule has 0 saturated heterocycles. The molecule has 4 aromatic rings. The molecule has 0 aliphatic heterocycles. The van der Waals surface area contributed by atoms with Crippen molar-refractivity contribution in [2.45, 2.75) is 20.4 Å². The lowest BCUT2D eigenvalue weighted by Crippen LogP contribution is -2.22. The second-order valence-corrected chi connectivity index (χ2v) is 7.32. The van der Waals surface area contributed by atoms with Crippen LogP contribution < -0.4 is 10.2 Å². The first-order valence-electron chi connectivity index (χ1n) is 10.4. The van der Waals surface area contributed by atoms with Crippen molar-refractivity contribution in [1.82, 2.24) is 4.90 Å². The average Bonchev–Trinajstić information content (AvgIpc) is 2.81. The number of nitrogens with zero attached hydrogens (tertiary/aromatic N) is 1. The Morgan fingerprint density at radius 2 is 1.58 bits per heavy atom. The highest BCUT2D eigenvalue weighted by Gasteiger charge is 2.17. The second kappa shape index (κ2) is 9.06. The third kappa shape index (κ3) is 4.32. The van der Waals surface area contributed by atoms with Crippen molar-refractivity contribution in [3.05, 3.63) is 88.8 Å². The quantitative estimate of drug-likeness (QED) is 0.413. The minimum atomic E-state index is -0.269. The summed E-state index contributed by atoms with van der Waals surface area (Å²) in [7, 11) is 0. The summed E-state index contributed by atoms with van der Waals surface area (Å²) in [5.74, 6) is 0.778. The molecule has 0 amide bonds. The van der Waals surface area contributed by atoms with E-state index in [9.17, 15) is 9.90 Å². The minimum Gasteiger partial charge on any atom is -0.507 e. The number of phenols is 1. The average molecular weight is 415 g/mol. The number of fused-ring (bicyclic) bond motifs is 1. The van der Waals surface area contributed by atoms with Gasteiger partial charge in [0.05, 0.1) is 10.9 Å². The Balaban J connectivity index is 1.64. The molecule has 4 rings (SSSR count). The van der Waals surface area contributed by atoms with Crippen LogP contribution in [0.15, 0.2) is 82.2 Å². The van der Waals surface area contributed by atoms with Gasteiger partial charge in [0.25, 0.3) is 0 Å². The highest BCUT2D eigenvalue weighted by Crippen LogP contribution is 2.30. The van der Waals surface area contributed by atoms with E-state index in [0.717, 1.165) is 24.2 Å². The first kappa shape index (κ1) is 20.7. The maximum Gasteiger partial charge on any atom is 0.235 e. The zero-order valence-electron chi connectivity index (χ0n) is 17.7. The van der Waals surface area contributed by atoms with Crippen LogP contribution in [-0.2, 0) is 6.54 Å². The smallest absolute Gasteiger partial charge is 0.235 e. The molecule has 0 atom stereocenters. The van der Waals surface area contributed by atoms with Crippen LogP contribution in [0.25, 0.3) is 22.1 Å². The number of hydrogen-bond acceptors (Lipinski definition) is 5. The van der Waals surface area contributed by atoms with Gasteiger partial charge in [-0.05, 0) is 48.5 Å². The van der Waals surface area contributed by atoms with Gasteiger partial charge in [0.1, 0.15) is 23.3 Å². The van der Waals surface area contributed by atoms with Crippen molar-refractivity contribution in [1.29, 1.82) is 0 Å². The zero-order valence-corrected chi connectivity index (χ0v) is 17.7. The number of aromatic hydroxyl groups is 1. The van der Waals surface area contributed by atoms with E-state index in [1.165, 1.54) is 12.3 Å². The molecule has 0 aliphatic carbocycles. The predicted molar refractivity (Wildman–Crippen MR) is 123 cm³/mol. The lowest BCUT2D eigenvalue weighted by atomic mass is 10.1. The van der Waals surface area contributed by atoms with Crippen LogP contribution in [0, 0.1) is 0 Å². The fourth-order valence-corrected chi connectivity index (χ4v) is 3.60. The molecule has 158 valence electrons. The van der Waals surface area contributed by atoms with E-state index in [-0.39, 0.29) is 16.9 Å². The van der Waals surface area contributed by atoms with Crippen LogP contribution in [0.4, 0.5) is 0 Å². The largest absolute Gasteiger partial charge is 0.507 e. The summed E-state index contributed by atoms with van der Waals surface area (Å²) in [4.78, 5) is 15.2. The summed E-state index contributed by atoms with van der Waals surface area (Å²) < 4.78 is 11.6. The van der Waals surface area contributed by atoms with E-state index >= 15 is 0 Å². The van der Waals surface area contributed by atoms with Crippen LogP contribution in [0.1, 0.15) is 19.4 Å². The standard InChI is InChI=1S/C26H25NO4/c1-3-27(4-2)16-22-23(28)15-14-21-25(29)24(17-30-26(21)22)31-20-12-10-19(11-13-20)18-8-6-5-7-9-18/h5-15,17,28H,3-4,16H2,1-2H3. The number of benzene rings is 3. The van der Waals surface area contributed by atoms with Crippen LogP contribution >= 0.6 is 0 Å². The Hall–Kier alpha value is -3.57.